The highest BCUT2D eigenvalue weighted by molar-refractivity contribution is 8.14. The molecule has 0 fully saturated rings. The van der Waals surface area contributed by atoms with Crippen molar-refractivity contribution in [3.05, 3.63) is 72.4 Å². The highest BCUT2D eigenvalue weighted by Crippen LogP contribution is 2.31. The molecule has 3 rings (SSSR count). The van der Waals surface area contributed by atoms with Crippen LogP contribution in [0.4, 0.5) is 10.5 Å². The second kappa shape index (κ2) is 11.7. The van der Waals surface area contributed by atoms with E-state index in [0.29, 0.717) is 22.4 Å². The lowest BCUT2D eigenvalue weighted by Gasteiger charge is -2.18. The minimum Gasteiger partial charge on any atom is -0.497 e. The van der Waals surface area contributed by atoms with Crippen LogP contribution >= 0.6 is 11.8 Å². The lowest BCUT2D eigenvalue weighted by atomic mass is 10.2. The summed E-state index contributed by atoms with van der Waals surface area (Å²) in [6.07, 6.45) is 3.16. The van der Waals surface area contributed by atoms with Crippen LogP contribution in [0.25, 0.3) is 6.08 Å². The van der Waals surface area contributed by atoms with Crippen LogP contribution in [0, 0.1) is 0 Å². The number of hydrogen-bond acceptors (Lipinski definition) is 7. The van der Waals surface area contributed by atoms with E-state index < -0.39 is 11.9 Å². The van der Waals surface area contributed by atoms with Gasteiger partial charge in [-0.25, -0.2) is 9.79 Å². The number of amides is 4. The number of amidine groups is 1. The first-order chi connectivity index (χ1) is 16.4. The van der Waals surface area contributed by atoms with E-state index >= 15 is 0 Å². The third kappa shape index (κ3) is 6.26. The number of anilines is 1. The molecule has 2 aromatic carbocycles. The fraction of sp³-hybridized carbons (Fsp3) is 0.167. The van der Waals surface area contributed by atoms with Crippen molar-refractivity contribution in [2.75, 3.05) is 31.4 Å². The highest BCUT2D eigenvalue weighted by Gasteiger charge is 2.32. The van der Waals surface area contributed by atoms with Crippen LogP contribution in [0.5, 0.6) is 11.5 Å². The van der Waals surface area contributed by atoms with E-state index in [-0.39, 0.29) is 23.9 Å². The Kier molecular flexibility index (Phi) is 8.47. The molecule has 1 aliphatic heterocycles. The van der Waals surface area contributed by atoms with Gasteiger partial charge in [-0.1, -0.05) is 36.0 Å². The summed E-state index contributed by atoms with van der Waals surface area (Å²) in [7, 11) is 3.11. The summed E-state index contributed by atoms with van der Waals surface area (Å²) in [5, 5.41) is 4.99. The number of ether oxygens (including phenoxy) is 2. The average Bonchev–Trinajstić information content (AvgIpc) is 3.16. The first kappa shape index (κ1) is 24.6. The number of nitrogens with one attached hydrogen (secondary N) is 2. The molecule has 0 saturated heterocycles. The molecule has 0 radical (unpaired) electrons. The van der Waals surface area contributed by atoms with E-state index in [1.165, 1.54) is 18.1 Å². The third-order valence-corrected chi connectivity index (χ3v) is 5.49. The van der Waals surface area contributed by atoms with E-state index in [9.17, 15) is 14.4 Å². The Bertz CT molecular complexity index is 1140. The summed E-state index contributed by atoms with van der Waals surface area (Å²) in [5.41, 5.74) is 1.51. The number of urea groups is 1. The quantitative estimate of drug-likeness (QED) is 0.444. The molecule has 1 aliphatic rings. The van der Waals surface area contributed by atoms with Gasteiger partial charge in [0, 0.05) is 12.6 Å². The maximum absolute atomic E-state index is 13.3. The van der Waals surface area contributed by atoms with Crippen LogP contribution in [0.3, 0.4) is 0 Å². The average molecular weight is 481 g/mol. The van der Waals surface area contributed by atoms with E-state index in [1.807, 2.05) is 12.1 Å². The smallest absolute Gasteiger partial charge is 0.321 e. The number of hydrogen-bond donors (Lipinski definition) is 2. The Hall–Kier alpha value is -4.05. The van der Waals surface area contributed by atoms with Gasteiger partial charge in [-0.15, -0.1) is 6.58 Å². The zero-order valence-electron chi connectivity index (χ0n) is 18.7. The molecule has 176 valence electrons. The van der Waals surface area contributed by atoms with Gasteiger partial charge in [-0.2, -0.15) is 0 Å². The van der Waals surface area contributed by atoms with Crippen molar-refractivity contribution in [1.29, 1.82) is 0 Å². The van der Waals surface area contributed by atoms with Crippen molar-refractivity contribution in [3.8, 4) is 11.5 Å². The van der Waals surface area contributed by atoms with E-state index in [0.717, 1.165) is 17.3 Å². The van der Waals surface area contributed by atoms with Gasteiger partial charge in [0.05, 0.1) is 25.7 Å². The molecule has 2 aromatic rings. The third-order valence-electron chi connectivity index (χ3n) is 4.55. The molecule has 4 amide bonds. The zero-order chi connectivity index (χ0) is 24.5. The topological polar surface area (TPSA) is 109 Å². The molecule has 0 bridgehead atoms. The van der Waals surface area contributed by atoms with Crippen LogP contribution in [-0.2, 0) is 9.59 Å². The molecule has 0 aromatic heterocycles. The maximum atomic E-state index is 13.3. The van der Waals surface area contributed by atoms with Crippen molar-refractivity contribution >= 4 is 46.5 Å². The first-order valence-electron chi connectivity index (χ1n) is 10.2. The van der Waals surface area contributed by atoms with E-state index in [1.54, 1.807) is 49.6 Å². The minimum atomic E-state index is -0.625. The predicted octanol–water partition coefficient (Wildman–Crippen LogP) is 3.19. The number of imide groups is 1. The van der Waals surface area contributed by atoms with Gasteiger partial charge >= 0.3 is 6.03 Å². The van der Waals surface area contributed by atoms with Crippen LogP contribution in [0.15, 0.2) is 71.9 Å². The molecule has 2 N–H and O–H groups in total. The maximum Gasteiger partial charge on any atom is 0.321 e. The van der Waals surface area contributed by atoms with Gasteiger partial charge in [0.1, 0.15) is 17.2 Å². The van der Waals surface area contributed by atoms with Gasteiger partial charge in [0.15, 0.2) is 5.17 Å². The van der Waals surface area contributed by atoms with E-state index in [4.69, 9.17) is 9.47 Å². The van der Waals surface area contributed by atoms with Gasteiger partial charge in [-0.3, -0.25) is 19.8 Å². The number of benzene rings is 2. The zero-order valence-corrected chi connectivity index (χ0v) is 19.6. The Morgan fingerprint density at radius 3 is 2.53 bits per heavy atom. The van der Waals surface area contributed by atoms with Crippen molar-refractivity contribution in [3.63, 3.8) is 0 Å². The standard InChI is InChI=1S/C24H24N4O5S/c1-4-12-25-23(31)27-21(29)15-34-24-26-20(13-16-8-10-18(32-2)11-9-16)22(30)28(24)17-6-5-7-19(14-17)33-3/h4-11,13-14H,1,12,15H2,2-3H3,(H2,25,27,29,31)/b20-13-. The predicted molar refractivity (Wildman–Crippen MR) is 133 cm³/mol. The molecule has 1 heterocycles. The second-order valence-corrected chi connectivity index (χ2v) is 7.82. The molecule has 34 heavy (non-hydrogen) atoms. The lowest BCUT2D eigenvalue weighted by molar-refractivity contribution is -0.117. The summed E-state index contributed by atoms with van der Waals surface area (Å²) >= 11 is 1.04. The summed E-state index contributed by atoms with van der Waals surface area (Å²) in [6, 6.07) is 13.5. The lowest BCUT2D eigenvalue weighted by Crippen LogP contribution is -2.40. The summed E-state index contributed by atoms with van der Waals surface area (Å²) in [6.45, 7) is 3.73. The molecular weight excluding hydrogens is 456 g/mol. The Morgan fingerprint density at radius 2 is 1.85 bits per heavy atom. The normalized spacial score (nSPS) is 13.9. The van der Waals surface area contributed by atoms with Crippen molar-refractivity contribution < 1.29 is 23.9 Å². The number of aliphatic imine (C=N–C) groups is 1. The molecule has 0 atom stereocenters. The fourth-order valence-corrected chi connectivity index (χ4v) is 3.74. The van der Waals surface area contributed by atoms with Crippen LogP contribution in [0.2, 0.25) is 0 Å². The largest absolute Gasteiger partial charge is 0.497 e. The molecule has 9 nitrogen and oxygen atoms in total. The summed E-state index contributed by atoms with van der Waals surface area (Å²) < 4.78 is 10.4. The number of thioether (sulfide) groups is 1. The molecule has 10 heteroatoms. The van der Waals surface area contributed by atoms with E-state index in [2.05, 4.69) is 22.2 Å². The highest BCUT2D eigenvalue weighted by atomic mass is 32.2. The Morgan fingerprint density at radius 1 is 1.12 bits per heavy atom. The van der Waals surface area contributed by atoms with Crippen LogP contribution < -0.4 is 25.0 Å². The van der Waals surface area contributed by atoms with Gasteiger partial charge in [-0.05, 0) is 35.9 Å². The number of carbonyl (C=O) groups is 3. The summed E-state index contributed by atoms with van der Waals surface area (Å²) in [4.78, 5) is 43.1. The Balaban J connectivity index is 1.84. The molecular formula is C24H24N4O5S. The number of rotatable bonds is 8. The number of carbonyl (C=O) groups excluding carboxylic acids is 3. The number of nitrogens with zero attached hydrogens (tertiary/aromatic N) is 2. The van der Waals surface area contributed by atoms with Crippen molar-refractivity contribution in [1.82, 2.24) is 10.6 Å². The van der Waals surface area contributed by atoms with Crippen molar-refractivity contribution in [2.45, 2.75) is 0 Å². The summed E-state index contributed by atoms with van der Waals surface area (Å²) in [5.74, 6) is 0.263. The van der Waals surface area contributed by atoms with Gasteiger partial charge < -0.3 is 14.8 Å². The Labute approximate surface area is 201 Å². The van der Waals surface area contributed by atoms with Gasteiger partial charge in [0.25, 0.3) is 5.91 Å². The molecule has 0 spiro atoms. The monoisotopic (exact) mass is 480 g/mol. The second-order valence-electron chi connectivity index (χ2n) is 6.87. The molecule has 0 aliphatic carbocycles. The molecule has 0 saturated carbocycles. The first-order valence-corrected chi connectivity index (χ1v) is 11.2. The SMILES string of the molecule is C=CCNC(=O)NC(=O)CSC1=N/C(=C\c2ccc(OC)cc2)C(=O)N1c1cccc(OC)c1. The minimum absolute atomic E-state index is 0.121. The van der Waals surface area contributed by atoms with Crippen LogP contribution in [0.1, 0.15) is 5.56 Å². The van der Waals surface area contributed by atoms with Gasteiger partial charge in [0.2, 0.25) is 5.91 Å². The molecule has 0 unspecified atom stereocenters. The van der Waals surface area contributed by atoms with Crippen LogP contribution in [-0.4, -0.2) is 49.5 Å². The van der Waals surface area contributed by atoms with Crippen molar-refractivity contribution in [2.24, 2.45) is 4.99 Å². The fourth-order valence-electron chi connectivity index (χ4n) is 2.93. The number of methoxy groups -OCH3 is 2.